The number of phenols is 1. The highest BCUT2D eigenvalue weighted by atomic mass is 16.4. The summed E-state index contributed by atoms with van der Waals surface area (Å²) in [5, 5.41) is 18.7. The van der Waals surface area contributed by atoms with Crippen LogP contribution in [-0.4, -0.2) is 16.2 Å². The van der Waals surface area contributed by atoms with Crippen LogP contribution in [-0.2, 0) is 0 Å². The molecule has 0 spiro atoms. The third kappa shape index (κ3) is 8.94. The van der Waals surface area contributed by atoms with Gasteiger partial charge in [-0.2, -0.15) is 0 Å². The van der Waals surface area contributed by atoms with Crippen LogP contribution in [0.4, 0.5) is 0 Å². The lowest BCUT2D eigenvalue weighted by Gasteiger charge is -2.13. The molecule has 3 heteroatoms. The van der Waals surface area contributed by atoms with Gasteiger partial charge in [-0.25, -0.2) is 4.79 Å². The number of carbonyl (C=O) groups is 1. The van der Waals surface area contributed by atoms with Gasteiger partial charge in [0.15, 0.2) is 0 Å². The van der Waals surface area contributed by atoms with E-state index in [1.54, 1.807) is 6.07 Å². The normalized spacial score (nSPS) is 12.2. The van der Waals surface area contributed by atoms with Gasteiger partial charge in [-0.1, -0.05) is 90.5 Å². The minimum atomic E-state index is -1.07. The van der Waals surface area contributed by atoms with Crippen LogP contribution in [0.1, 0.15) is 113 Å². The number of hydrogen-bond acceptors (Lipinski definition) is 2. The van der Waals surface area contributed by atoms with Crippen molar-refractivity contribution in [3.05, 3.63) is 29.3 Å². The van der Waals surface area contributed by atoms with Crippen LogP contribution in [0.2, 0.25) is 0 Å². The maximum Gasteiger partial charge on any atom is 0.339 e. The Morgan fingerprint density at radius 3 is 1.96 bits per heavy atom. The third-order valence-corrected chi connectivity index (χ3v) is 5.06. The number of unbranched alkanes of at least 4 members (excludes halogenated alkanes) is 10. The van der Waals surface area contributed by atoms with E-state index in [1.807, 2.05) is 6.07 Å². The second-order valence-electron chi connectivity index (χ2n) is 7.31. The molecule has 142 valence electrons. The van der Waals surface area contributed by atoms with Crippen molar-refractivity contribution in [1.29, 1.82) is 0 Å². The second-order valence-corrected chi connectivity index (χ2v) is 7.31. The van der Waals surface area contributed by atoms with E-state index in [0.29, 0.717) is 5.92 Å². The molecule has 0 fully saturated rings. The monoisotopic (exact) mass is 348 g/mol. The number of aromatic hydroxyl groups is 1. The molecule has 3 nitrogen and oxygen atoms in total. The molecule has 0 saturated carbocycles. The van der Waals surface area contributed by atoms with Gasteiger partial charge in [0.25, 0.3) is 0 Å². The molecule has 2 N–H and O–H groups in total. The molecule has 1 atom stereocenters. The summed E-state index contributed by atoms with van der Waals surface area (Å²) >= 11 is 0. The average Bonchev–Trinajstić information content (AvgIpc) is 2.59. The Morgan fingerprint density at radius 1 is 0.920 bits per heavy atom. The van der Waals surface area contributed by atoms with Crippen molar-refractivity contribution in [2.75, 3.05) is 0 Å². The van der Waals surface area contributed by atoms with E-state index in [4.69, 9.17) is 5.11 Å². The molecule has 0 aliphatic rings. The largest absolute Gasteiger partial charge is 0.507 e. The highest BCUT2D eigenvalue weighted by molar-refractivity contribution is 5.90. The average molecular weight is 349 g/mol. The molecule has 0 aliphatic carbocycles. The Labute approximate surface area is 153 Å². The number of carboxylic acids is 1. The lowest BCUT2D eigenvalue weighted by molar-refractivity contribution is 0.0693. The highest BCUT2D eigenvalue weighted by Gasteiger charge is 2.13. The molecule has 0 aromatic heterocycles. The van der Waals surface area contributed by atoms with Gasteiger partial charge < -0.3 is 10.2 Å². The lowest BCUT2D eigenvalue weighted by Crippen LogP contribution is -2.00. The topological polar surface area (TPSA) is 57.5 Å². The fraction of sp³-hybridized carbons (Fsp3) is 0.682. The predicted octanol–water partition coefficient (Wildman–Crippen LogP) is 6.90. The van der Waals surface area contributed by atoms with Crippen molar-refractivity contribution < 1.29 is 15.0 Å². The van der Waals surface area contributed by atoms with Gasteiger partial charge in [-0.05, 0) is 30.0 Å². The van der Waals surface area contributed by atoms with E-state index in [1.165, 1.54) is 76.7 Å². The van der Waals surface area contributed by atoms with Crippen LogP contribution in [0, 0.1) is 0 Å². The van der Waals surface area contributed by atoms with Gasteiger partial charge >= 0.3 is 5.97 Å². The predicted molar refractivity (Wildman–Crippen MR) is 105 cm³/mol. The molecular weight excluding hydrogens is 312 g/mol. The Kier molecular flexibility index (Phi) is 11.0. The van der Waals surface area contributed by atoms with E-state index >= 15 is 0 Å². The summed E-state index contributed by atoms with van der Waals surface area (Å²) in [4.78, 5) is 11.1. The summed E-state index contributed by atoms with van der Waals surface area (Å²) in [7, 11) is 0. The van der Waals surface area contributed by atoms with Crippen molar-refractivity contribution >= 4 is 5.97 Å². The fourth-order valence-corrected chi connectivity index (χ4v) is 3.31. The summed E-state index contributed by atoms with van der Waals surface area (Å²) in [6.07, 6.45) is 15.8. The van der Waals surface area contributed by atoms with E-state index in [2.05, 4.69) is 13.8 Å². The van der Waals surface area contributed by atoms with Crippen LogP contribution in [0.15, 0.2) is 18.2 Å². The zero-order valence-electron chi connectivity index (χ0n) is 16.1. The maximum atomic E-state index is 11.1. The fourth-order valence-electron chi connectivity index (χ4n) is 3.31. The first kappa shape index (κ1) is 21.5. The summed E-state index contributed by atoms with van der Waals surface area (Å²) in [5.74, 6) is -0.892. The van der Waals surface area contributed by atoms with Crippen molar-refractivity contribution in [2.45, 2.75) is 96.8 Å². The number of rotatable bonds is 14. The van der Waals surface area contributed by atoms with Crippen molar-refractivity contribution in [3.8, 4) is 5.75 Å². The van der Waals surface area contributed by atoms with Crippen molar-refractivity contribution in [2.24, 2.45) is 0 Å². The van der Waals surface area contributed by atoms with E-state index in [-0.39, 0.29) is 11.3 Å². The standard InChI is InChI=1S/C22H36O3/c1-3-4-5-6-7-8-9-10-11-12-13-14-18(2)19-15-16-21(23)20(17-19)22(24)25/h15-18,23H,3-14H2,1-2H3,(H,24,25). The molecule has 1 unspecified atom stereocenters. The zero-order chi connectivity index (χ0) is 18.5. The lowest BCUT2D eigenvalue weighted by atomic mass is 9.93. The molecule has 1 aromatic rings. The molecule has 0 saturated heterocycles. The summed E-state index contributed by atoms with van der Waals surface area (Å²) < 4.78 is 0. The summed E-state index contributed by atoms with van der Waals surface area (Å²) in [6.45, 7) is 4.39. The van der Waals surface area contributed by atoms with E-state index in [0.717, 1.165) is 12.0 Å². The van der Waals surface area contributed by atoms with Gasteiger partial charge in [0.05, 0.1) is 0 Å². The molecule has 0 heterocycles. The van der Waals surface area contributed by atoms with Crippen molar-refractivity contribution in [3.63, 3.8) is 0 Å². The molecule has 0 aliphatic heterocycles. The Bertz CT molecular complexity index is 496. The number of hydrogen-bond donors (Lipinski definition) is 2. The molecular formula is C22H36O3. The van der Waals surface area contributed by atoms with Crippen LogP contribution >= 0.6 is 0 Å². The van der Waals surface area contributed by atoms with E-state index in [9.17, 15) is 9.90 Å². The number of carboxylic acid groups (broad SMARTS) is 1. The molecule has 0 amide bonds. The number of benzene rings is 1. The first-order chi connectivity index (χ1) is 12.1. The van der Waals surface area contributed by atoms with Crippen LogP contribution in [0.5, 0.6) is 5.75 Å². The van der Waals surface area contributed by atoms with Gasteiger partial charge in [-0.3, -0.25) is 0 Å². The van der Waals surface area contributed by atoms with Crippen LogP contribution in [0.3, 0.4) is 0 Å². The quantitative estimate of drug-likeness (QED) is 0.360. The van der Waals surface area contributed by atoms with Crippen LogP contribution < -0.4 is 0 Å². The number of aromatic carboxylic acids is 1. The smallest absolute Gasteiger partial charge is 0.339 e. The minimum Gasteiger partial charge on any atom is -0.507 e. The molecule has 0 bridgehead atoms. The van der Waals surface area contributed by atoms with Gasteiger partial charge in [0, 0.05) is 0 Å². The first-order valence-corrected chi connectivity index (χ1v) is 10.1. The Hall–Kier alpha value is -1.51. The molecule has 1 rings (SSSR count). The van der Waals surface area contributed by atoms with Gasteiger partial charge in [0.1, 0.15) is 11.3 Å². The summed E-state index contributed by atoms with van der Waals surface area (Å²) in [6, 6.07) is 4.95. The third-order valence-electron chi connectivity index (χ3n) is 5.06. The SMILES string of the molecule is CCCCCCCCCCCCCC(C)c1ccc(O)c(C(=O)O)c1. The highest BCUT2D eigenvalue weighted by Crippen LogP contribution is 2.27. The van der Waals surface area contributed by atoms with Gasteiger partial charge in [0.2, 0.25) is 0 Å². The second kappa shape index (κ2) is 12.8. The van der Waals surface area contributed by atoms with Crippen LogP contribution in [0.25, 0.3) is 0 Å². The maximum absolute atomic E-state index is 11.1. The zero-order valence-corrected chi connectivity index (χ0v) is 16.1. The molecule has 0 radical (unpaired) electrons. The molecule has 1 aromatic carbocycles. The first-order valence-electron chi connectivity index (χ1n) is 10.1. The van der Waals surface area contributed by atoms with Gasteiger partial charge in [-0.15, -0.1) is 0 Å². The minimum absolute atomic E-state index is 0.00304. The summed E-state index contributed by atoms with van der Waals surface area (Å²) in [5.41, 5.74) is 1.01. The Morgan fingerprint density at radius 2 is 1.44 bits per heavy atom. The molecule has 25 heavy (non-hydrogen) atoms. The Balaban J connectivity index is 2.12. The van der Waals surface area contributed by atoms with Crippen molar-refractivity contribution in [1.82, 2.24) is 0 Å². The van der Waals surface area contributed by atoms with E-state index < -0.39 is 5.97 Å².